The van der Waals surface area contributed by atoms with Gasteiger partial charge in [-0.3, -0.25) is 12.2 Å². The summed E-state index contributed by atoms with van der Waals surface area (Å²) in [5.74, 6) is 0. The Labute approximate surface area is 107 Å². The second-order valence-corrected chi connectivity index (χ2v) is 2.01. The first-order valence-electron chi connectivity index (χ1n) is 3.88. The molecule has 14 heavy (non-hydrogen) atoms. The van der Waals surface area contributed by atoms with Crippen molar-refractivity contribution < 1.29 is 31.3 Å². The summed E-state index contributed by atoms with van der Waals surface area (Å²) in [6.07, 6.45) is 20.0. The summed E-state index contributed by atoms with van der Waals surface area (Å²) in [4.78, 5) is 0. The zero-order valence-electron chi connectivity index (χ0n) is 8.83. The minimum atomic E-state index is 0. The van der Waals surface area contributed by atoms with Crippen LogP contribution in [0.25, 0.3) is 0 Å². The van der Waals surface area contributed by atoms with Crippen molar-refractivity contribution in [2.24, 2.45) is 0 Å². The smallest absolute Gasteiger partial charge is 0.400 e. The van der Waals surface area contributed by atoms with E-state index < -0.39 is 0 Å². The van der Waals surface area contributed by atoms with Gasteiger partial charge in [-0.25, -0.2) is 24.3 Å². The topological polar surface area (TPSA) is 20.2 Å². The predicted octanol–water partition coefficient (Wildman–Crippen LogP) is 2.67. The first-order valence-corrected chi connectivity index (χ1v) is 3.88. The van der Waals surface area contributed by atoms with E-state index in [1.54, 1.807) is 0 Å². The van der Waals surface area contributed by atoms with Gasteiger partial charge in [0.25, 0.3) is 0 Å². The van der Waals surface area contributed by atoms with Gasteiger partial charge in [0.15, 0.2) is 0 Å². The number of aliphatic hydroxyl groups is 1. The first kappa shape index (κ1) is 19.4. The van der Waals surface area contributed by atoms with Crippen molar-refractivity contribution in [2.75, 3.05) is 7.11 Å². The fourth-order valence-electron chi connectivity index (χ4n) is 0.680. The SMILES string of the molecule is CO.[C-]1=CC=CC1.[C-]1=CC=CC1.[CH3-].[Zr+3]. The summed E-state index contributed by atoms with van der Waals surface area (Å²) in [5.41, 5.74) is 0. The molecule has 0 aromatic rings. The molecule has 0 fully saturated rings. The monoisotopic (exact) mass is 267 g/mol. The van der Waals surface area contributed by atoms with Gasteiger partial charge in [-0.15, -0.1) is 12.8 Å². The number of hydrogen-bond donors (Lipinski definition) is 1. The molecule has 0 aliphatic heterocycles. The average Bonchev–Trinajstić information content (AvgIpc) is 2.87. The maximum Gasteiger partial charge on any atom is 3.00 e. The van der Waals surface area contributed by atoms with Crippen molar-refractivity contribution in [2.45, 2.75) is 12.8 Å². The van der Waals surface area contributed by atoms with Crippen LogP contribution in [0.2, 0.25) is 0 Å². The Hall–Kier alpha value is -0.197. The Bertz CT molecular complexity index is 148. The molecule has 2 aliphatic carbocycles. The quantitative estimate of drug-likeness (QED) is 0.670. The zero-order chi connectivity index (χ0) is 9.07. The summed E-state index contributed by atoms with van der Waals surface area (Å²) in [5, 5.41) is 7.00. The van der Waals surface area contributed by atoms with E-state index in [-0.39, 0.29) is 33.6 Å². The van der Waals surface area contributed by atoms with E-state index in [1.807, 2.05) is 24.3 Å². The molecular formula is C12H17OZr. The van der Waals surface area contributed by atoms with Crippen LogP contribution in [0, 0.1) is 19.6 Å². The van der Waals surface area contributed by atoms with Crippen LogP contribution in [-0.2, 0) is 26.2 Å². The van der Waals surface area contributed by atoms with Crippen LogP contribution in [0.3, 0.4) is 0 Å². The van der Waals surface area contributed by atoms with Gasteiger partial charge in [0.05, 0.1) is 0 Å². The van der Waals surface area contributed by atoms with Crippen molar-refractivity contribution in [1.82, 2.24) is 0 Å². The molecule has 1 nitrogen and oxygen atoms in total. The fraction of sp³-hybridized carbons (Fsp3) is 0.250. The Morgan fingerprint density at radius 2 is 1.29 bits per heavy atom. The van der Waals surface area contributed by atoms with Gasteiger partial charge in [0.2, 0.25) is 0 Å². The molecule has 0 spiro atoms. The molecule has 0 saturated carbocycles. The van der Waals surface area contributed by atoms with Crippen molar-refractivity contribution in [3.05, 3.63) is 56.0 Å². The normalized spacial score (nSPS) is 13.0. The van der Waals surface area contributed by atoms with Gasteiger partial charge in [-0.2, -0.15) is 12.2 Å². The molecule has 0 heterocycles. The van der Waals surface area contributed by atoms with E-state index in [1.165, 1.54) is 0 Å². The van der Waals surface area contributed by atoms with Crippen molar-refractivity contribution in [3.63, 3.8) is 0 Å². The van der Waals surface area contributed by atoms with Gasteiger partial charge in [0.1, 0.15) is 0 Å². The van der Waals surface area contributed by atoms with E-state index in [0.717, 1.165) is 20.0 Å². The second kappa shape index (κ2) is 18.6. The molecule has 1 N–H and O–H groups in total. The molecule has 0 atom stereocenters. The number of aliphatic hydroxyl groups excluding tert-OH is 1. The Morgan fingerprint density at radius 3 is 1.36 bits per heavy atom. The molecule has 1 radical (unpaired) electrons. The molecule has 75 valence electrons. The van der Waals surface area contributed by atoms with E-state index >= 15 is 0 Å². The second-order valence-electron chi connectivity index (χ2n) is 2.01. The summed E-state index contributed by atoms with van der Waals surface area (Å²) < 4.78 is 0. The minimum absolute atomic E-state index is 0. The van der Waals surface area contributed by atoms with E-state index in [2.05, 4.69) is 24.3 Å². The summed E-state index contributed by atoms with van der Waals surface area (Å²) in [6.45, 7) is 0. The first-order chi connectivity index (χ1) is 6.00. The third-order valence-electron chi connectivity index (χ3n) is 1.17. The van der Waals surface area contributed by atoms with Crippen LogP contribution < -0.4 is 0 Å². The molecule has 2 aliphatic rings. The van der Waals surface area contributed by atoms with Crippen molar-refractivity contribution in [1.29, 1.82) is 0 Å². The molecule has 0 bridgehead atoms. The molecular weight excluding hydrogens is 251 g/mol. The van der Waals surface area contributed by atoms with Crippen LogP contribution in [0.15, 0.2) is 36.5 Å². The average molecular weight is 268 g/mol. The van der Waals surface area contributed by atoms with E-state index in [9.17, 15) is 0 Å². The summed E-state index contributed by atoms with van der Waals surface area (Å²) in [6, 6.07) is 0. The van der Waals surface area contributed by atoms with Gasteiger partial charge in [-0.05, 0) is 0 Å². The molecule has 2 rings (SSSR count). The van der Waals surface area contributed by atoms with Crippen molar-refractivity contribution in [3.8, 4) is 0 Å². The maximum atomic E-state index is 7.00. The van der Waals surface area contributed by atoms with Gasteiger partial charge < -0.3 is 12.5 Å². The summed E-state index contributed by atoms with van der Waals surface area (Å²) in [7, 11) is 1.00. The third kappa shape index (κ3) is 14.3. The van der Waals surface area contributed by atoms with E-state index in [0.29, 0.717) is 0 Å². The Balaban J connectivity index is -0.000000131. The molecule has 0 aromatic carbocycles. The molecule has 0 aromatic heterocycles. The zero-order valence-corrected chi connectivity index (χ0v) is 11.3. The number of rotatable bonds is 0. The van der Waals surface area contributed by atoms with Gasteiger partial charge >= 0.3 is 26.2 Å². The maximum absolute atomic E-state index is 7.00. The van der Waals surface area contributed by atoms with Crippen LogP contribution in [0.4, 0.5) is 0 Å². The van der Waals surface area contributed by atoms with Crippen LogP contribution in [-0.4, -0.2) is 12.2 Å². The Morgan fingerprint density at radius 1 is 0.929 bits per heavy atom. The summed E-state index contributed by atoms with van der Waals surface area (Å²) >= 11 is 0. The largest absolute Gasteiger partial charge is 3.00 e. The molecule has 0 amide bonds. The van der Waals surface area contributed by atoms with Crippen LogP contribution in [0.1, 0.15) is 12.8 Å². The van der Waals surface area contributed by atoms with Crippen LogP contribution in [0.5, 0.6) is 0 Å². The number of hydrogen-bond acceptors (Lipinski definition) is 1. The third-order valence-corrected chi connectivity index (χ3v) is 1.17. The predicted molar refractivity (Wildman–Crippen MR) is 57.7 cm³/mol. The fourth-order valence-corrected chi connectivity index (χ4v) is 0.680. The number of allylic oxidation sites excluding steroid dienone is 8. The van der Waals surface area contributed by atoms with Crippen molar-refractivity contribution >= 4 is 0 Å². The van der Waals surface area contributed by atoms with Gasteiger partial charge in [0, 0.05) is 7.11 Å². The van der Waals surface area contributed by atoms with E-state index in [4.69, 9.17) is 5.11 Å². The van der Waals surface area contributed by atoms with Crippen LogP contribution >= 0.6 is 0 Å². The molecule has 0 saturated heterocycles. The molecule has 0 unspecified atom stereocenters. The minimum Gasteiger partial charge on any atom is -0.400 e. The standard InChI is InChI=1S/2C5H5.CH4O.CH3.Zr/c2*1-2-4-5-3-1;1-2;;/h2*1-3H,4H2;2H,1H3;1H3;/q2*-1;;-1;+3. The Kier molecular flexibility index (Phi) is 25.7. The van der Waals surface area contributed by atoms with Gasteiger partial charge in [-0.1, -0.05) is 0 Å². The molecule has 2 heteroatoms.